The zero-order valence-corrected chi connectivity index (χ0v) is 15.8. The second-order valence-corrected chi connectivity index (χ2v) is 4.88. The molecule has 0 aromatic heterocycles. The van der Waals surface area contributed by atoms with Crippen LogP contribution in [0.25, 0.3) is 0 Å². The zero-order chi connectivity index (χ0) is 19.8. The zero-order valence-electron chi connectivity index (χ0n) is 15.8. The number of benzene rings is 1. The molecule has 3 amide bonds. The van der Waals surface area contributed by atoms with E-state index in [9.17, 15) is 14.4 Å². The molecule has 0 fully saturated rings. The van der Waals surface area contributed by atoms with Crippen molar-refractivity contribution in [3.05, 3.63) is 24.3 Å². The van der Waals surface area contributed by atoms with E-state index in [1.807, 2.05) is 31.2 Å². The molecule has 1 aromatic rings. The number of carbonyl (C=O) groups is 3. The van der Waals surface area contributed by atoms with Crippen LogP contribution in [-0.4, -0.2) is 50.8 Å². The van der Waals surface area contributed by atoms with Crippen LogP contribution in [0.2, 0.25) is 0 Å². The van der Waals surface area contributed by atoms with E-state index in [0.29, 0.717) is 19.8 Å². The molecule has 146 valence electrons. The Bertz CT molecular complexity index is 527. The van der Waals surface area contributed by atoms with Crippen molar-refractivity contribution >= 4 is 23.4 Å². The van der Waals surface area contributed by atoms with E-state index in [2.05, 4.69) is 10.6 Å². The SMILES string of the molecule is CCOCC(=O)NC(=O)COCC.CCOc1ccc(NC(C)=O)cc1. The molecule has 0 bridgehead atoms. The highest BCUT2D eigenvalue weighted by Crippen LogP contribution is 2.15. The van der Waals surface area contributed by atoms with Gasteiger partial charge in [-0.05, 0) is 45.0 Å². The molecular formula is C18H28N2O6. The average molecular weight is 368 g/mol. The van der Waals surface area contributed by atoms with Crippen molar-refractivity contribution in [2.75, 3.05) is 38.4 Å². The van der Waals surface area contributed by atoms with Crippen molar-refractivity contribution in [3.8, 4) is 5.75 Å². The monoisotopic (exact) mass is 368 g/mol. The predicted molar refractivity (Wildman–Crippen MR) is 98.1 cm³/mol. The normalized spacial score (nSPS) is 9.54. The smallest absolute Gasteiger partial charge is 0.252 e. The van der Waals surface area contributed by atoms with Crippen molar-refractivity contribution in [1.82, 2.24) is 5.32 Å². The van der Waals surface area contributed by atoms with Crippen LogP contribution in [0.5, 0.6) is 5.75 Å². The predicted octanol–water partition coefficient (Wildman–Crippen LogP) is 1.75. The molecule has 0 aliphatic carbocycles. The molecule has 2 N–H and O–H groups in total. The number of ether oxygens (including phenoxy) is 3. The van der Waals surface area contributed by atoms with E-state index in [1.165, 1.54) is 6.92 Å². The molecule has 26 heavy (non-hydrogen) atoms. The van der Waals surface area contributed by atoms with Gasteiger partial charge in [0.1, 0.15) is 19.0 Å². The lowest BCUT2D eigenvalue weighted by atomic mass is 10.3. The average Bonchev–Trinajstić information content (AvgIpc) is 2.60. The van der Waals surface area contributed by atoms with Gasteiger partial charge in [0.2, 0.25) is 5.91 Å². The fraction of sp³-hybridized carbons (Fsp3) is 0.500. The molecular weight excluding hydrogens is 340 g/mol. The highest BCUT2D eigenvalue weighted by Gasteiger charge is 2.06. The maximum atomic E-state index is 10.9. The van der Waals surface area contributed by atoms with Crippen LogP contribution in [-0.2, 0) is 23.9 Å². The van der Waals surface area contributed by atoms with Crippen LogP contribution in [0.1, 0.15) is 27.7 Å². The topological polar surface area (TPSA) is 103 Å². The Morgan fingerprint density at radius 3 is 1.73 bits per heavy atom. The van der Waals surface area contributed by atoms with Gasteiger partial charge in [-0.3, -0.25) is 19.7 Å². The fourth-order valence-electron chi connectivity index (χ4n) is 1.62. The first-order valence-corrected chi connectivity index (χ1v) is 8.41. The summed E-state index contributed by atoms with van der Waals surface area (Å²) in [5.41, 5.74) is 0.788. The van der Waals surface area contributed by atoms with Gasteiger partial charge in [-0.25, -0.2) is 0 Å². The van der Waals surface area contributed by atoms with Crippen LogP contribution in [0.3, 0.4) is 0 Å². The van der Waals surface area contributed by atoms with E-state index < -0.39 is 11.8 Å². The summed E-state index contributed by atoms with van der Waals surface area (Å²) >= 11 is 0. The molecule has 8 heteroatoms. The number of carbonyl (C=O) groups excluding carboxylic acids is 3. The summed E-state index contributed by atoms with van der Waals surface area (Å²) in [5, 5.41) is 4.80. The van der Waals surface area contributed by atoms with Crippen molar-refractivity contribution in [3.63, 3.8) is 0 Å². The second-order valence-electron chi connectivity index (χ2n) is 4.88. The van der Waals surface area contributed by atoms with Crippen LogP contribution in [0.15, 0.2) is 24.3 Å². The van der Waals surface area contributed by atoms with Crippen molar-refractivity contribution < 1.29 is 28.6 Å². The molecule has 0 saturated carbocycles. The largest absolute Gasteiger partial charge is 0.494 e. The summed E-state index contributed by atoms with van der Waals surface area (Å²) in [6.45, 7) is 8.34. The number of nitrogens with one attached hydrogen (secondary N) is 2. The first-order chi connectivity index (χ1) is 12.4. The Morgan fingerprint density at radius 2 is 1.35 bits per heavy atom. The van der Waals surface area contributed by atoms with Gasteiger partial charge in [-0.2, -0.15) is 0 Å². The van der Waals surface area contributed by atoms with Crippen LogP contribution >= 0.6 is 0 Å². The molecule has 8 nitrogen and oxygen atoms in total. The Labute approximate surface area is 154 Å². The molecule has 0 atom stereocenters. The number of anilines is 1. The lowest BCUT2D eigenvalue weighted by Crippen LogP contribution is -2.36. The summed E-state index contributed by atoms with van der Waals surface area (Å²) in [7, 11) is 0. The van der Waals surface area contributed by atoms with Gasteiger partial charge in [0.05, 0.1) is 6.61 Å². The molecule has 0 spiro atoms. The molecule has 0 aliphatic heterocycles. The number of hydrogen-bond donors (Lipinski definition) is 2. The highest BCUT2D eigenvalue weighted by molar-refractivity contribution is 5.96. The summed E-state index contributed by atoms with van der Waals surface area (Å²) in [5.74, 6) is -0.126. The van der Waals surface area contributed by atoms with Gasteiger partial charge in [-0.1, -0.05) is 0 Å². The number of hydrogen-bond acceptors (Lipinski definition) is 6. The summed E-state index contributed by atoms with van der Waals surface area (Å²) in [6, 6.07) is 7.28. The Kier molecular flexibility index (Phi) is 13.5. The third-order valence-electron chi connectivity index (χ3n) is 2.64. The lowest BCUT2D eigenvalue weighted by Gasteiger charge is -2.04. The van der Waals surface area contributed by atoms with Gasteiger partial charge in [-0.15, -0.1) is 0 Å². The van der Waals surface area contributed by atoms with Gasteiger partial charge in [0, 0.05) is 25.8 Å². The minimum absolute atomic E-state index is 0.0656. The van der Waals surface area contributed by atoms with Crippen LogP contribution in [0.4, 0.5) is 5.69 Å². The van der Waals surface area contributed by atoms with Crippen molar-refractivity contribution in [2.24, 2.45) is 0 Å². The molecule has 0 aliphatic rings. The van der Waals surface area contributed by atoms with Crippen molar-refractivity contribution in [2.45, 2.75) is 27.7 Å². The first kappa shape index (κ1) is 23.5. The van der Waals surface area contributed by atoms with E-state index in [1.54, 1.807) is 13.8 Å². The number of rotatable bonds is 9. The molecule has 0 saturated heterocycles. The van der Waals surface area contributed by atoms with Gasteiger partial charge in [0.15, 0.2) is 0 Å². The van der Waals surface area contributed by atoms with Crippen LogP contribution in [0, 0.1) is 0 Å². The van der Waals surface area contributed by atoms with E-state index in [-0.39, 0.29) is 19.1 Å². The maximum Gasteiger partial charge on any atom is 0.252 e. The van der Waals surface area contributed by atoms with Crippen LogP contribution < -0.4 is 15.4 Å². The van der Waals surface area contributed by atoms with E-state index in [4.69, 9.17) is 14.2 Å². The lowest BCUT2D eigenvalue weighted by molar-refractivity contribution is -0.135. The first-order valence-electron chi connectivity index (χ1n) is 8.41. The molecule has 0 unspecified atom stereocenters. The third-order valence-corrected chi connectivity index (χ3v) is 2.64. The van der Waals surface area contributed by atoms with Gasteiger partial charge >= 0.3 is 0 Å². The quantitative estimate of drug-likeness (QED) is 0.688. The fourth-order valence-corrected chi connectivity index (χ4v) is 1.62. The minimum Gasteiger partial charge on any atom is -0.494 e. The molecule has 0 radical (unpaired) electrons. The summed E-state index contributed by atoms with van der Waals surface area (Å²) in [4.78, 5) is 32.4. The highest BCUT2D eigenvalue weighted by atomic mass is 16.5. The number of amides is 3. The van der Waals surface area contributed by atoms with E-state index >= 15 is 0 Å². The number of imide groups is 1. The Morgan fingerprint density at radius 1 is 0.846 bits per heavy atom. The standard InChI is InChI=1S/C10H13NO2.C8H15NO4/c1-3-13-10-6-4-9(5-7-10)11-8(2)12;1-3-12-5-7(10)9-8(11)6-13-4-2/h4-7H,3H2,1-2H3,(H,11,12);3-6H2,1-2H3,(H,9,10,11). The molecule has 1 rings (SSSR count). The second kappa shape index (κ2) is 14.9. The van der Waals surface area contributed by atoms with E-state index in [0.717, 1.165) is 11.4 Å². The van der Waals surface area contributed by atoms with Gasteiger partial charge < -0.3 is 19.5 Å². The molecule has 1 aromatic carbocycles. The summed E-state index contributed by atoms with van der Waals surface area (Å²) in [6.07, 6.45) is 0. The maximum absolute atomic E-state index is 10.9. The molecule has 0 heterocycles. The van der Waals surface area contributed by atoms with Gasteiger partial charge in [0.25, 0.3) is 11.8 Å². The summed E-state index contributed by atoms with van der Waals surface area (Å²) < 4.78 is 14.8. The Hall–Kier alpha value is -2.45. The minimum atomic E-state index is -0.438. The van der Waals surface area contributed by atoms with Crippen molar-refractivity contribution in [1.29, 1.82) is 0 Å². The third kappa shape index (κ3) is 12.9. The Balaban J connectivity index is 0.000000481.